The fourth-order valence-corrected chi connectivity index (χ4v) is 5.77. The van der Waals surface area contributed by atoms with Crippen molar-refractivity contribution >= 4 is 21.7 Å². The van der Waals surface area contributed by atoms with E-state index in [0.717, 1.165) is 12.0 Å². The monoisotopic (exact) mass is 440 g/mol. The molecule has 3 heterocycles. The van der Waals surface area contributed by atoms with Gasteiger partial charge in [0.1, 0.15) is 17.4 Å². The molecule has 0 aliphatic carbocycles. The van der Waals surface area contributed by atoms with Crippen LogP contribution in [0, 0.1) is 13.8 Å². The molecule has 0 amide bonds. The van der Waals surface area contributed by atoms with E-state index >= 15 is 0 Å². The average molecular weight is 441 g/mol. The first kappa shape index (κ1) is 21.1. The molecule has 1 unspecified atom stereocenters. The number of sulfonamides is 1. The molecule has 0 radical (unpaired) electrons. The van der Waals surface area contributed by atoms with Crippen molar-refractivity contribution in [2.75, 3.05) is 19.0 Å². The first-order valence-corrected chi connectivity index (χ1v) is 11.4. The predicted octanol–water partition coefficient (Wildman–Crippen LogP) is 3.16. The van der Waals surface area contributed by atoms with E-state index in [2.05, 4.69) is 25.3 Å². The van der Waals surface area contributed by atoms with Crippen LogP contribution in [0.15, 0.2) is 48.0 Å². The molecule has 1 atom stereocenters. The second-order valence-corrected chi connectivity index (χ2v) is 9.26. The Morgan fingerprint density at radius 3 is 2.61 bits per heavy atom. The van der Waals surface area contributed by atoms with E-state index < -0.39 is 10.0 Å². The molecule has 1 fully saturated rings. The normalized spacial score (nSPS) is 16.9. The predicted molar refractivity (Wildman–Crippen MR) is 116 cm³/mol. The number of anilines is 2. The number of nitrogens with one attached hydrogen (secondary N) is 1. The van der Waals surface area contributed by atoms with Gasteiger partial charge in [0.15, 0.2) is 0 Å². The molecule has 0 saturated carbocycles. The van der Waals surface area contributed by atoms with Gasteiger partial charge in [-0.3, -0.25) is 9.97 Å². The van der Waals surface area contributed by atoms with E-state index in [1.54, 1.807) is 57.2 Å². The average Bonchev–Trinajstić information content (AvgIpc) is 3.27. The maximum atomic E-state index is 13.6. The Labute approximate surface area is 181 Å². The number of benzene rings is 1. The number of rotatable bonds is 6. The van der Waals surface area contributed by atoms with Crippen molar-refractivity contribution in [3.8, 4) is 5.75 Å². The van der Waals surface area contributed by atoms with E-state index in [0.29, 0.717) is 46.5 Å². The Hall–Kier alpha value is -3.11. The molecule has 162 valence electrons. The van der Waals surface area contributed by atoms with Crippen LogP contribution in [-0.4, -0.2) is 46.3 Å². The molecule has 0 bridgehead atoms. The molecule has 9 nitrogen and oxygen atoms in total. The summed E-state index contributed by atoms with van der Waals surface area (Å²) in [6.07, 6.45) is 9.35. The zero-order valence-corrected chi connectivity index (χ0v) is 18.4. The summed E-state index contributed by atoms with van der Waals surface area (Å²) in [7, 11) is -2.14. The lowest BCUT2D eigenvalue weighted by Gasteiger charge is -2.25. The Bertz CT molecular complexity index is 1190. The van der Waals surface area contributed by atoms with Crippen LogP contribution in [0.2, 0.25) is 0 Å². The van der Waals surface area contributed by atoms with Crippen LogP contribution >= 0.6 is 0 Å². The summed E-state index contributed by atoms with van der Waals surface area (Å²) < 4.78 is 34.0. The van der Waals surface area contributed by atoms with Crippen LogP contribution < -0.4 is 10.1 Å². The van der Waals surface area contributed by atoms with Crippen molar-refractivity contribution in [1.82, 2.24) is 24.2 Å². The lowest BCUT2D eigenvalue weighted by molar-refractivity contribution is 0.389. The number of aryl methyl sites for hydroxylation is 2. The number of ether oxygens (including phenoxy) is 1. The molecule has 1 aromatic carbocycles. The quantitative estimate of drug-likeness (QED) is 0.622. The third-order valence-corrected chi connectivity index (χ3v) is 7.35. The van der Waals surface area contributed by atoms with Crippen LogP contribution in [0.5, 0.6) is 5.75 Å². The number of methoxy groups -OCH3 is 1. The summed E-state index contributed by atoms with van der Waals surface area (Å²) in [5.41, 5.74) is 2.02. The van der Waals surface area contributed by atoms with E-state index in [1.807, 2.05) is 6.92 Å². The third-order valence-electron chi connectivity index (χ3n) is 5.30. The molecule has 1 aliphatic rings. The van der Waals surface area contributed by atoms with Crippen LogP contribution in [0.3, 0.4) is 0 Å². The van der Waals surface area contributed by atoms with Crippen molar-refractivity contribution in [1.29, 1.82) is 0 Å². The Balaban J connectivity index is 1.65. The Morgan fingerprint density at radius 2 is 1.87 bits per heavy atom. The van der Waals surface area contributed by atoms with Gasteiger partial charge in [0.05, 0.1) is 42.3 Å². The van der Waals surface area contributed by atoms with Crippen LogP contribution in [0.1, 0.15) is 35.7 Å². The minimum atomic E-state index is -3.72. The molecule has 3 aromatic rings. The molecule has 31 heavy (non-hydrogen) atoms. The molecular formula is C21H24N6O3S. The lowest BCUT2D eigenvalue weighted by Crippen LogP contribution is -2.31. The third kappa shape index (κ3) is 4.21. The number of hydrogen-bond acceptors (Lipinski definition) is 8. The van der Waals surface area contributed by atoms with Gasteiger partial charge in [-0.2, -0.15) is 4.31 Å². The first-order chi connectivity index (χ1) is 14.9. The van der Waals surface area contributed by atoms with Gasteiger partial charge in [-0.05, 0) is 49.9 Å². The summed E-state index contributed by atoms with van der Waals surface area (Å²) >= 11 is 0. The van der Waals surface area contributed by atoms with Gasteiger partial charge in [0.2, 0.25) is 10.0 Å². The van der Waals surface area contributed by atoms with E-state index in [1.165, 1.54) is 4.31 Å². The first-order valence-electron chi connectivity index (χ1n) is 9.92. The molecule has 1 saturated heterocycles. The topological polar surface area (TPSA) is 110 Å². The number of hydrogen-bond donors (Lipinski definition) is 1. The molecule has 1 aliphatic heterocycles. The zero-order valence-electron chi connectivity index (χ0n) is 17.6. The van der Waals surface area contributed by atoms with Crippen LogP contribution in [0.25, 0.3) is 0 Å². The maximum absolute atomic E-state index is 13.6. The summed E-state index contributed by atoms with van der Waals surface area (Å²) in [5, 5.41) is 3.05. The SMILES string of the molecule is COc1cc(C)c(S(=O)(=O)N2CCCC2c2cncc(Nc3cnccn3)n2)cc1C. The van der Waals surface area contributed by atoms with Gasteiger partial charge in [0.25, 0.3) is 0 Å². The highest BCUT2D eigenvalue weighted by Gasteiger charge is 2.38. The van der Waals surface area contributed by atoms with Gasteiger partial charge in [-0.25, -0.2) is 18.4 Å². The van der Waals surface area contributed by atoms with E-state index in [-0.39, 0.29) is 6.04 Å². The van der Waals surface area contributed by atoms with Gasteiger partial charge in [-0.1, -0.05) is 0 Å². The molecular weight excluding hydrogens is 416 g/mol. The summed E-state index contributed by atoms with van der Waals surface area (Å²) in [6, 6.07) is 3.05. The molecule has 0 spiro atoms. The molecule has 1 N–H and O–H groups in total. The van der Waals surface area contributed by atoms with Crippen molar-refractivity contribution < 1.29 is 13.2 Å². The summed E-state index contributed by atoms with van der Waals surface area (Å²) in [4.78, 5) is 17.3. The Morgan fingerprint density at radius 1 is 1.06 bits per heavy atom. The van der Waals surface area contributed by atoms with Gasteiger partial charge in [-0.15, -0.1) is 0 Å². The fourth-order valence-electron chi connectivity index (χ4n) is 3.81. The highest BCUT2D eigenvalue weighted by atomic mass is 32.2. The lowest BCUT2D eigenvalue weighted by atomic mass is 10.1. The number of nitrogens with zero attached hydrogens (tertiary/aromatic N) is 5. The maximum Gasteiger partial charge on any atom is 0.243 e. The van der Waals surface area contributed by atoms with Crippen molar-refractivity contribution in [3.05, 3.63) is 59.9 Å². The smallest absolute Gasteiger partial charge is 0.243 e. The van der Waals surface area contributed by atoms with Crippen molar-refractivity contribution in [2.24, 2.45) is 0 Å². The summed E-state index contributed by atoms with van der Waals surface area (Å²) in [5.74, 6) is 1.69. The second kappa shape index (κ2) is 8.56. The van der Waals surface area contributed by atoms with Gasteiger partial charge in [0, 0.05) is 18.9 Å². The minimum absolute atomic E-state index is 0.291. The van der Waals surface area contributed by atoms with E-state index in [9.17, 15) is 8.42 Å². The van der Waals surface area contributed by atoms with Crippen molar-refractivity contribution in [3.63, 3.8) is 0 Å². The van der Waals surface area contributed by atoms with Crippen LogP contribution in [-0.2, 0) is 10.0 Å². The largest absolute Gasteiger partial charge is 0.496 e. The highest BCUT2D eigenvalue weighted by molar-refractivity contribution is 7.89. The standard InChI is InChI=1S/C21H24N6O3S/c1-14-10-19(15(2)9-18(14)30-3)31(28,29)27-8-4-5-17(27)16-11-23-13-21(25-16)26-20-12-22-6-7-24-20/h6-7,9-13,17H,4-5,8H2,1-3H3,(H,24,25,26). The van der Waals surface area contributed by atoms with Gasteiger partial charge < -0.3 is 10.1 Å². The molecule has 10 heteroatoms. The highest BCUT2D eigenvalue weighted by Crippen LogP contribution is 2.37. The van der Waals surface area contributed by atoms with Crippen molar-refractivity contribution in [2.45, 2.75) is 37.6 Å². The number of aromatic nitrogens is 4. The fraction of sp³-hybridized carbons (Fsp3) is 0.333. The van der Waals surface area contributed by atoms with E-state index in [4.69, 9.17) is 4.74 Å². The van der Waals surface area contributed by atoms with Gasteiger partial charge >= 0.3 is 0 Å². The second-order valence-electron chi connectivity index (χ2n) is 7.41. The molecule has 4 rings (SSSR count). The summed E-state index contributed by atoms with van der Waals surface area (Å²) in [6.45, 7) is 4.05. The zero-order chi connectivity index (χ0) is 22.0. The Kier molecular flexibility index (Phi) is 5.84. The van der Waals surface area contributed by atoms with Crippen LogP contribution in [0.4, 0.5) is 11.6 Å². The molecule has 2 aromatic heterocycles. The minimum Gasteiger partial charge on any atom is -0.496 e.